The molecule has 7 nitrogen and oxygen atoms in total. The van der Waals surface area contributed by atoms with Gasteiger partial charge in [-0.2, -0.15) is 0 Å². The third-order valence-corrected chi connectivity index (χ3v) is 4.20. The molecule has 132 valence electrons. The van der Waals surface area contributed by atoms with Gasteiger partial charge in [0, 0.05) is 12.8 Å². The van der Waals surface area contributed by atoms with Gasteiger partial charge in [0.2, 0.25) is 6.29 Å². The molecule has 2 unspecified atom stereocenters. The lowest BCUT2D eigenvalue weighted by Gasteiger charge is -2.30. The van der Waals surface area contributed by atoms with Crippen molar-refractivity contribution in [2.45, 2.75) is 71.1 Å². The Balaban J connectivity index is 2.46. The molecular weight excluding hydrogens is 302 g/mol. The lowest BCUT2D eigenvalue weighted by molar-refractivity contribution is -0.190. The lowest BCUT2D eigenvalue weighted by Crippen LogP contribution is -2.43. The Morgan fingerprint density at radius 1 is 1.13 bits per heavy atom. The Hall–Kier alpha value is -1.63. The first-order valence-corrected chi connectivity index (χ1v) is 8.27. The van der Waals surface area contributed by atoms with Crippen molar-refractivity contribution in [3.05, 3.63) is 0 Å². The zero-order chi connectivity index (χ0) is 17.4. The summed E-state index contributed by atoms with van der Waals surface area (Å²) in [6.45, 7) is 3.61. The van der Waals surface area contributed by atoms with Crippen LogP contribution in [0.15, 0.2) is 0 Å². The number of carbonyl (C=O) groups excluding carboxylic acids is 2. The van der Waals surface area contributed by atoms with Gasteiger partial charge in [-0.15, -0.1) is 0 Å². The fourth-order valence-electron chi connectivity index (χ4n) is 2.73. The van der Waals surface area contributed by atoms with E-state index in [9.17, 15) is 14.4 Å². The molecule has 0 saturated heterocycles. The van der Waals surface area contributed by atoms with Crippen LogP contribution >= 0.6 is 0 Å². The zero-order valence-electron chi connectivity index (χ0n) is 13.8. The fourth-order valence-corrected chi connectivity index (χ4v) is 2.73. The minimum Gasteiger partial charge on any atom is -0.481 e. The number of carbonyl (C=O) groups is 3. The molecule has 0 aromatic carbocycles. The van der Waals surface area contributed by atoms with Crippen molar-refractivity contribution in [1.82, 2.24) is 0 Å². The van der Waals surface area contributed by atoms with Gasteiger partial charge in [0.15, 0.2) is 0 Å². The maximum absolute atomic E-state index is 12.1. The highest BCUT2D eigenvalue weighted by Gasteiger charge is 2.33. The summed E-state index contributed by atoms with van der Waals surface area (Å²) >= 11 is 0. The summed E-state index contributed by atoms with van der Waals surface area (Å²) in [6.07, 6.45) is 2.59. The van der Waals surface area contributed by atoms with E-state index in [2.05, 4.69) is 0 Å². The maximum atomic E-state index is 12.1. The van der Waals surface area contributed by atoms with Gasteiger partial charge in [0.1, 0.15) is 6.04 Å². The zero-order valence-corrected chi connectivity index (χ0v) is 13.8. The van der Waals surface area contributed by atoms with E-state index in [-0.39, 0.29) is 18.3 Å². The Bertz CT molecular complexity index is 417. The molecule has 7 heteroatoms. The molecule has 23 heavy (non-hydrogen) atoms. The van der Waals surface area contributed by atoms with Crippen LogP contribution in [0.5, 0.6) is 0 Å². The van der Waals surface area contributed by atoms with Gasteiger partial charge in [0.05, 0.1) is 5.92 Å². The first kappa shape index (κ1) is 19.4. The van der Waals surface area contributed by atoms with Crippen LogP contribution in [-0.4, -0.2) is 35.3 Å². The van der Waals surface area contributed by atoms with Crippen LogP contribution in [-0.2, 0) is 23.9 Å². The summed E-state index contributed by atoms with van der Waals surface area (Å²) in [6, 6.07) is -0.816. The standard InChI is InChI=1S/C16H27NO6/c1-3-5-12(18)22-13(4-2)23-16(21)14(17)10-6-8-11(9-7-10)15(19)20/h10-11,13-14H,3-9,17H2,1-2H3,(H,19,20). The molecule has 0 radical (unpaired) electrons. The summed E-state index contributed by atoms with van der Waals surface area (Å²) < 4.78 is 10.3. The fraction of sp³-hybridized carbons (Fsp3) is 0.812. The van der Waals surface area contributed by atoms with Crippen molar-refractivity contribution >= 4 is 17.9 Å². The summed E-state index contributed by atoms with van der Waals surface area (Å²) in [4.78, 5) is 34.5. The Labute approximate surface area is 136 Å². The van der Waals surface area contributed by atoms with Gasteiger partial charge in [-0.05, 0) is 38.0 Å². The molecule has 0 spiro atoms. The quantitative estimate of drug-likeness (QED) is 0.515. The molecule has 1 aliphatic carbocycles. The molecule has 0 bridgehead atoms. The molecule has 1 fully saturated rings. The normalized spacial score (nSPS) is 23.6. The van der Waals surface area contributed by atoms with Crippen LogP contribution in [0.25, 0.3) is 0 Å². The number of carboxylic acids is 1. The van der Waals surface area contributed by atoms with E-state index in [1.54, 1.807) is 6.92 Å². The highest BCUT2D eigenvalue weighted by atomic mass is 16.7. The molecule has 0 aromatic rings. The third kappa shape index (κ3) is 6.17. The summed E-state index contributed by atoms with van der Waals surface area (Å²) in [7, 11) is 0. The largest absolute Gasteiger partial charge is 0.481 e. The van der Waals surface area contributed by atoms with Crippen molar-refractivity contribution in [2.75, 3.05) is 0 Å². The highest BCUT2D eigenvalue weighted by molar-refractivity contribution is 5.76. The summed E-state index contributed by atoms with van der Waals surface area (Å²) in [5, 5.41) is 8.98. The smallest absolute Gasteiger partial charge is 0.326 e. The van der Waals surface area contributed by atoms with Gasteiger partial charge in [0.25, 0.3) is 0 Å². The van der Waals surface area contributed by atoms with Crippen LogP contribution < -0.4 is 5.73 Å². The monoisotopic (exact) mass is 329 g/mol. The van der Waals surface area contributed by atoms with E-state index in [4.69, 9.17) is 20.3 Å². The summed E-state index contributed by atoms with van der Waals surface area (Å²) in [5.74, 6) is -2.24. The van der Waals surface area contributed by atoms with Crippen LogP contribution in [0.3, 0.4) is 0 Å². The molecule has 0 amide bonds. The number of hydrogen-bond donors (Lipinski definition) is 2. The van der Waals surface area contributed by atoms with E-state index in [0.29, 0.717) is 38.5 Å². The first-order chi connectivity index (χ1) is 10.9. The number of nitrogens with two attached hydrogens (primary N) is 1. The molecule has 1 aliphatic rings. The van der Waals surface area contributed by atoms with Crippen LogP contribution in [0, 0.1) is 11.8 Å². The van der Waals surface area contributed by atoms with E-state index in [0.717, 1.165) is 0 Å². The van der Waals surface area contributed by atoms with Gasteiger partial charge in [-0.1, -0.05) is 13.8 Å². The number of carboxylic acid groups (broad SMARTS) is 1. The number of esters is 2. The number of rotatable bonds is 8. The average molecular weight is 329 g/mol. The van der Waals surface area contributed by atoms with Crippen molar-refractivity contribution in [1.29, 1.82) is 0 Å². The second-order valence-corrected chi connectivity index (χ2v) is 5.99. The predicted molar refractivity (Wildman–Crippen MR) is 82.2 cm³/mol. The van der Waals surface area contributed by atoms with Crippen LogP contribution in [0.4, 0.5) is 0 Å². The molecule has 3 N–H and O–H groups in total. The molecule has 2 atom stereocenters. The number of hydrogen-bond acceptors (Lipinski definition) is 6. The van der Waals surface area contributed by atoms with Gasteiger partial charge < -0.3 is 20.3 Å². The predicted octanol–water partition coefficient (Wildman–Crippen LogP) is 1.83. The molecule has 1 rings (SSSR count). The second-order valence-electron chi connectivity index (χ2n) is 5.99. The van der Waals surface area contributed by atoms with Crippen LogP contribution in [0.2, 0.25) is 0 Å². The maximum Gasteiger partial charge on any atom is 0.326 e. The molecule has 0 aliphatic heterocycles. The van der Waals surface area contributed by atoms with Crippen molar-refractivity contribution in [3.8, 4) is 0 Å². The molecule has 1 saturated carbocycles. The van der Waals surface area contributed by atoms with Crippen molar-refractivity contribution in [3.63, 3.8) is 0 Å². The lowest BCUT2D eigenvalue weighted by atomic mass is 9.79. The van der Waals surface area contributed by atoms with Gasteiger partial charge in [-0.25, -0.2) is 0 Å². The van der Waals surface area contributed by atoms with Crippen LogP contribution in [0.1, 0.15) is 58.8 Å². The number of ether oxygens (including phenoxy) is 2. The minimum atomic E-state index is -0.914. The van der Waals surface area contributed by atoms with Gasteiger partial charge >= 0.3 is 17.9 Å². The van der Waals surface area contributed by atoms with E-state index in [1.165, 1.54) is 0 Å². The van der Waals surface area contributed by atoms with Crippen molar-refractivity contribution < 1.29 is 29.0 Å². The summed E-state index contributed by atoms with van der Waals surface area (Å²) in [5.41, 5.74) is 5.94. The highest BCUT2D eigenvalue weighted by Crippen LogP contribution is 2.31. The van der Waals surface area contributed by atoms with E-state index < -0.39 is 30.2 Å². The SMILES string of the molecule is CCCC(=O)OC(CC)OC(=O)C(N)C1CCC(C(=O)O)CC1. The molecule has 0 heterocycles. The van der Waals surface area contributed by atoms with E-state index >= 15 is 0 Å². The Morgan fingerprint density at radius 2 is 1.74 bits per heavy atom. The average Bonchev–Trinajstić information content (AvgIpc) is 2.53. The second kappa shape index (κ2) is 9.50. The van der Waals surface area contributed by atoms with Crippen molar-refractivity contribution in [2.24, 2.45) is 17.6 Å². The third-order valence-electron chi connectivity index (χ3n) is 4.20. The number of aliphatic carboxylic acids is 1. The Morgan fingerprint density at radius 3 is 2.22 bits per heavy atom. The molecule has 0 aromatic heterocycles. The first-order valence-electron chi connectivity index (χ1n) is 8.27. The minimum absolute atomic E-state index is 0.0954. The Kier molecular flexibility index (Phi) is 8.02. The van der Waals surface area contributed by atoms with Gasteiger partial charge in [-0.3, -0.25) is 14.4 Å². The van der Waals surface area contributed by atoms with E-state index in [1.807, 2.05) is 6.92 Å². The topological polar surface area (TPSA) is 116 Å². The molecular formula is C16H27NO6.